The molecule has 0 fully saturated rings. The quantitative estimate of drug-likeness (QED) is 0.496. The SMILES string of the molecule is CC(NC(=O)c1cccs1)C(=O)NC(c1ccccc1)c1cc2ccccc2o1. The first-order valence-corrected chi connectivity index (χ1v) is 10.2. The van der Waals surface area contributed by atoms with Crippen molar-refractivity contribution >= 4 is 34.1 Å². The van der Waals surface area contributed by atoms with E-state index in [2.05, 4.69) is 10.6 Å². The van der Waals surface area contributed by atoms with Gasteiger partial charge in [-0.15, -0.1) is 11.3 Å². The summed E-state index contributed by atoms with van der Waals surface area (Å²) in [5.74, 6) is 0.0920. The van der Waals surface area contributed by atoms with Gasteiger partial charge >= 0.3 is 0 Å². The van der Waals surface area contributed by atoms with E-state index < -0.39 is 12.1 Å². The smallest absolute Gasteiger partial charge is 0.261 e. The number of amides is 2. The van der Waals surface area contributed by atoms with Gasteiger partial charge in [-0.1, -0.05) is 54.6 Å². The number of rotatable bonds is 6. The third kappa shape index (κ3) is 4.22. The second-order valence-electron chi connectivity index (χ2n) is 6.71. The van der Waals surface area contributed by atoms with Gasteiger partial charge in [0.05, 0.1) is 4.88 Å². The predicted octanol–water partition coefficient (Wildman–Crippen LogP) is 4.52. The van der Waals surface area contributed by atoms with Gasteiger partial charge in [0.2, 0.25) is 5.91 Å². The average Bonchev–Trinajstić information content (AvgIpc) is 3.42. The monoisotopic (exact) mass is 404 g/mol. The van der Waals surface area contributed by atoms with E-state index >= 15 is 0 Å². The van der Waals surface area contributed by atoms with Crippen molar-refractivity contribution in [2.24, 2.45) is 0 Å². The molecule has 2 atom stereocenters. The van der Waals surface area contributed by atoms with Gasteiger partial charge in [0.1, 0.15) is 23.4 Å². The van der Waals surface area contributed by atoms with E-state index in [1.807, 2.05) is 66.0 Å². The van der Waals surface area contributed by atoms with Crippen LogP contribution in [0.3, 0.4) is 0 Å². The fraction of sp³-hybridized carbons (Fsp3) is 0.130. The molecule has 2 N–H and O–H groups in total. The van der Waals surface area contributed by atoms with Crippen molar-refractivity contribution in [3.63, 3.8) is 0 Å². The number of furan rings is 1. The van der Waals surface area contributed by atoms with Crippen LogP contribution >= 0.6 is 11.3 Å². The van der Waals surface area contributed by atoms with Crippen LogP contribution in [-0.4, -0.2) is 17.9 Å². The Labute approximate surface area is 172 Å². The lowest BCUT2D eigenvalue weighted by Gasteiger charge is -2.20. The van der Waals surface area contributed by atoms with Gasteiger partial charge in [0.25, 0.3) is 5.91 Å². The maximum absolute atomic E-state index is 12.9. The van der Waals surface area contributed by atoms with Crippen molar-refractivity contribution in [3.05, 3.63) is 94.4 Å². The van der Waals surface area contributed by atoms with Gasteiger partial charge in [-0.25, -0.2) is 0 Å². The van der Waals surface area contributed by atoms with Crippen molar-refractivity contribution in [2.45, 2.75) is 19.0 Å². The molecule has 0 saturated carbocycles. The van der Waals surface area contributed by atoms with Crippen LogP contribution in [0.5, 0.6) is 0 Å². The standard InChI is InChI=1S/C23H20N2O3S/c1-15(24-23(27)20-12-7-13-29-20)22(26)25-21(16-8-3-2-4-9-16)19-14-17-10-5-6-11-18(17)28-19/h2-15,21H,1H3,(H,24,27)(H,25,26). The second-order valence-corrected chi connectivity index (χ2v) is 7.66. The summed E-state index contributed by atoms with van der Waals surface area (Å²) in [7, 11) is 0. The number of hydrogen-bond donors (Lipinski definition) is 2. The van der Waals surface area contributed by atoms with E-state index in [0.717, 1.165) is 16.5 Å². The molecule has 4 rings (SSSR count). The van der Waals surface area contributed by atoms with E-state index in [0.29, 0.717) is 10.6 Å². The molecule has 5 nitrogen and oxygen atoms in total. The van der Waals surface area contributed by atoms with Crippen molar-refractivity contribution in [1.29, 1.82) is 0 Å². The van der Waals surface area contributed by atoms with Gasteiger partial charge in [-0.05, 0) is 36.1 Å². The number of para-hydroxylation sites is 1. The molecule has 2 amide bonds. The number of hydrogen-bond acceptors (Lipinski definition) is 4. The highest BCUT2D eigenvalue weighted by atomic mass is 32.1. The van der Waals surface area contributed by atoms with Crippen molar-refractivity contribution in [3.8, 4) is 0 Å². The Bertz CT molecular complexity index is 1090. The summed E-state index contributed by atoms with van der Waals surface area (Å²) in [4.78, 5) is 25.7. The molecule has 0 aliphatic carbocycles. The maximum atomic E-state index is 12.9. The summed E-state index contributed by atoms with van der Waals surface area (Å²) in [5.41, 5.74) is 1.66. The Hall–Kier alpha value is -3.38. The van der Waals surface area contributed by atoms with E-state index in [-0.39, 0.29) is 11.8 Å². The zero-order chi connectivity index (χ0) is 20.2. The Morgan fingerprint density at radius 1 is 0.931 bits per heavy atom. The lowest BCUT2D eigenvalue weighted by molar-refractivity contribution is -0.123. The molecule has 4 aromatic rings. The number of carbonyl (C=O) groups is 2. The van der Waals surface area contributed by atoms with Gasteiger partial charge < -0.3 is 15.1 Å². The van der Waals surface area contributed by atoms with Crippen LogP contribution in [0.1, 0.15) is 34.0 Å². The molecule has 2 aromatic carbocycles. The number of fused-ring (bicyclic) bond motifs is 1. The minimum absolute atomic E-state index is 0.261. The van der Waals surface area contributed by atoms with E-state index in [4.69, 9.17) is 4.42 Å². The Morgan fingerprint density at radius 2 is 1.69 bits per heavy atom. The first-order chi connectivity index (χ1) is 14.1. The summed E-state index contributed by atoms with van der Waals surface area (Å²) in [5, 5.41) is 8.56. The Morgan fingerprint density at radius 3 is 2.41 bits per heavy atom. The van der Waals surface area contributed by atoms with Crippen LogP contribution in [0, 0.1) is 0 Å². The predicted molar refractivity (Wildman–Crippen MR) is 114 cm³/mol. The number of thiophene rings is 1. The number of nitrogens with one attached hydrogen (secondary N) is 2. The van der Waals surface area contributed by atoms with E-state index in [1.54, 1.807) is 19.1 Å². The van der Waals surface area contributed by atoms with Crippen LogP contribution in [0.25, 0.3) is 11.0 Å². The van der Waals surface area contributed by atoms with Crippen molar-refractivity contribution in [2.75, 3.05) is 0 Å². The third-order valence-electron chi connectivity index (χ3n) is 4.63. The zero-order valence-corrected chi connectivity index (χ0v) is 16.6. The molecule has 0 bridgehead atoms. The highest BCUT2D eigenvalue weighted by Gasteiger charge is 2.24. The third-order valence-corrected chi connectivity index (χ3v) is 5.50. The molecule has 2 aromatic heterocycles. The maximum Gasteiger partial charge on any atom is 0.261 e. The molecule has 146 valence electrons. The van der Waals surface area contributed by atoms with E-state index in [9.17, 15) is 9.59 Å². The first kappa shape index (κ1) is 19.0. The minimum Gasteiger partial charge on any atom is -0.459 e. The molecule has 0 radical (unpaired) electrons. The molecule has 0 spiro atoms. The van der Waals surface area contributed by atoms with Gasteiger partial charge in [-0.2, -0.15) is 0 Å². The van der Waals surface area contributed by atoms with Crippen LogP contribution in [0.2, 0.25) is 0 Å². The van der Waals surface area contributed by atoms with E-state index in [1.165, 1.54) is 11.3 Å². The Kier molecular flexibility index (Phi) is 5.44. The van der Waals surface area contributed by atoms with Crippen molar-refractivity contribution < 1.29 is 14.0 Å². The highest BCUT2D eigenvalue weighted by Crippen LogP contribution is 2.28. The average molecular weight is 404 g/mol. The molecule has 0 aliphatic rings. The van der Waals surface area contributed by atoms with Crippen LogP contribution in [0.4, 0.5) is 0 Å². The summed E-state index contributed by atoms with van der Waals surface area (Å²) in [6.45, 7) is 1.67. The first-order valence-electron chi connectivity index (χ1n) is 9.30. The van der Waals surface area contributed by atoms with Gasteiger partial charge in [0.15, 0.2) is 0 Å². The molecule has 2 unspecified atom stereocenters. The molecular formula is C23H20N2O3S. The minimum atomic E-state index is -0.694. The highest BCUT2D eigenvalue weighted by molar-refractivity contribution is 7.12. The van der Waals surface area contributed by atoms with Crippen LogP contribution in [-0.2, 0) is 4.79 Å². The molecule has 0 aliphatic heterocycles. The fourth-order valence-electron chi connectivity index (χ4n) is 3.12. The summed E-state index contributed by atoms with van der Waals surface area (Å²) in [6, 6.07) is 21.7. The second kappa shape index (κ2) is 8.32. The molecule has 29 heavy (non-hydrogen) atoms. The summed E-state index contributed by atoms with van der Waals surface area (Å²) >= 11 is 1.34. The molecular weight excluding hydrogens is 384 g/mol. The van der Waals surface area contributed by atoms with Gasteiger partial charge in [-0.3, -0.25) is 9.59 Å². The fourth-order valence-corrected chi connectivity index (χ4v) is 3.74. The number of benzene rings is 2. The number of carbonyl (C=O) groups excluding carboxylic acids is 2. The summed E-state index contributed by atoms with van der Waals surface area (Å²) in [6.07, 6.45) is 0. The van der Waals surface area contributed by atoms with Gasteiger partial charge in [0, 0.05) is 5.39 Å². The summed E-state index contributed by atoms with van der Waals surface area (Å²) < 4.78 is 6.00. The lowest BCUT2D eigenvalue weighted by atomic mass is 10.0. The largest absolute Gasteiger partial charge is 0.459 e. The Balaban J connectivity index is 1.56. The van der Waals surface area contributed by atoms with Crippen LogP contribution < -0.4 is 10.6 Å². The lowest BCUT2D eigenvalue weighted by Crippen LogP contribution is -2.45. The molecule has 2 heterocycles. The topological polar surface area (TPSA) is 71.3 Å². The normalized spacial score (nSPS) is 13.0. The van der Waals surface area contributed by atoms with Crippen LogP contribution in [0.15, 0.2) is 82.6 Å². The molecule has 6 heteroatoms. The molecule has 0 saturated heterocycles. The van der Waals surface area contributed by atoms with Crippen molar-refractivity contribution in [1.82, 2.24) is 10.6 Å². The zero-order valence-electron chi connectivity index (χ0n) is 15.8.